The highest BCUT2D eigenvalue weighted by atomic mass is 19.4. The van der Waals surface area contributed by atoms with E-state index in [9.17, 15) is 39.9 Å². The first-order valence-electron chi connectivity index (χ1n) is 6.71. The van der Waals surface area contributed by atoms with E-state index in [4.69, 9.17) is 0 Å². The van der Waals surface area contributed by atoms with Crippen LogP contribution in [0.15, 0.2) is 12.2 Å². The van der Waals surface area contributed by atoms with Crippen molar-refractivity contribution in [3.63, 3.8) is 0 Å². The van der Waals surface area contributed by atoms with Gasteiger partial charge in [0.15, 0.2) is 6.17 Å². The van der Waals surface area contributed by atoms with Gasteiger partial charge in [-0.3, -0.25) is 4.79 Å². The van der Waals surface area contributed by atoms with E-state index in [0.717, 1.165) is 0 Å². The summed E-state index contributed by atoms with van der Waals surface area (Å²) >= 11 is 0. The summed E-state index contributed by atoms with van der Waals surface area (Å²) < 4.78 is 105. The number of ether oxygens (including phenoxy) is 1. The van der Waals surface area contributed by atoms with Gasteiger partial charge in [0.1, 0.15) is 0 Å². The van der Waals surface area contributed by atoms with Crippen LogP contribution in [0.5, 0.6) is 0 Å². The second-order valence-corrected chi connectivity index (χ2v) is 5.73. The summed E-state index contributed by atoms with van der Waals surface area (Å²) in [4.78, 5) is 11.6. The molecule has 2 rings (SSSR count). The van der Waals surface area contributed by atoms with Crippen molar-refractivity contribution in [1.29, 1.82) is 0 Å². The molecular weight excluding hydrogens is 340 g/mol. The van der Waals surface area contributed by atoms with E-state index in [1.54, 1.807) is 12.2 Å². The normalized spacial score (nSPS) is 29.0. The van der Waals surface area contributed by atoms with Crippen molar-refractivity contribution in [2.75, 3.05) is 0 Å². The summed E-state index contributed by atoms with van der Waals surface area (Å²) in [6.07, 6.45) is -14.1. The van der Waals surface area contributed by atoms with Crippen LogP contribution in [0.25, 0.3) is 0 Å². The topological polar surface area (TPSA) is 26.3 Å². The Morgan fingerprint density at radius 3 is 2.13 bits per heavy atom. The lowest BCUT2D eigenvalue weighted by Gasteiger charge is -2.29. The van der Waals surface area contributed by atoms with E-state index in [2.05, 4.69) is 4.74 Å². The fourth-order valence-corrected chi connectivity index (χ4v) is 2.84. The molecule has 4 atom stereocenters. The van der Waals surface area contributed by atoms with Crippen LogP contribution in [0.3, 0.4) is 0 Å². The highest BCUT2D eigenvalue weighted by molar-refractivity contribution is 5.74. The number of hydrogen-bond acceptors (Lipinski definition) is 2. The highest BCUT2D eigenvalue weighted by Gasteiger charge is 2.67. The maximum absolute atomic E-state index is 13.4. The van der Waals surface area contributed by atoms with E-state index in [0.29, 0.717) is 6.42 Å². The highest BCUT2D eigenvalue weighted by Crippen LogP contribution is 2.47. The van der Waals surface area contributed by atoms with Gasteiger partial charge in [0, 0.05) is 0 Å². The molecule has 0 spiro atoms. The van der Waals surface area contributed by atoms with Gasteiger partial charge in [0.05, 0.1) is 12.3 Å². The summed E-state index contributed by atoms with van der Waals surface area (Å²) in [6.45, 7) is 0. The van der Waals surface area contributed by atoms with Gasteiger partial charge in [0.2, 0.25) is 0 Å². The second kappa shape index (κ2) is 5.62. The molecule has 0 aromatic heterocycles. The van der Waals surface area contributed by atoms with E-state index >= 15 is 0 Å². The van der Waals surface area contributed by atoms with E-state index < -0.39 is 48.6 Å². The van der Waals surface area contributed by atoms with Gasteiger partial charge in [-0.1, -0.05) is 12.2 Å². The van der Waals surface area contributed by atoms with Crippen molar-refractivity contribution >= 4 is 5.97 Å². The van der Waals surface area contributed by atoms with Gasteiger partial charge in [-0.05, 0) is 24.7 Å². The minimum Gasteiger partial charge on any atom is -0.396 e. The third kappa shape index (κ3) is 3.60. The first kappa shape index (κ1) is 18.0. The number of hydrogen-bond donors (Lipinski definition) is 0. The maximum Gasteiger partial charge on any atom is 0.469 e. The number of esters is 1. The third-order valence-corrected chi connectivity index (χ3v) is 4.00. The SMILES string of the molecule is O=C(OC(F)(F)C(F)(F)C(F)CC(F)(F)F)C1CC2C=CC1C2. The van der Waals surface area contributed by atoms with Gasteiger partial charge < -0.3 is 4.74 Å². The van der Waals surface area contributed by atoms with Crippen LogP contribution in [0, 0.1) is 17.8 Å². The molecule has 1 fully saturated rings. The number of fused-ring (bicyclic) bond motifs is 2. The molecular formula is C13H12F8O2. The summed E-state index contributed by atoms with van der Waals surface area (Å²) in [6, 6.07) is 0. The predicted octanol–water partition coefficient (Wildman–Crippen LogP) is 4.26. The molecule has 0 saturated heterocycles. The largest absolute Gasteiger partial charge is 0.469 e. The molecule has 0 amide bonds. The molecule has 2 nitrogen and oxygen atoms in total. The Morgan fingerprint density at radius 2 is 1.70 bits per heavy atom. The Bertz CT molecular complexity index is 499. The summed E-state index contributed by atoms with van der Waals surface area (Å²) in [5, 5.41) is 0. The number of carbonyl (C=O) groups excluding carboxylic acids is 1. The van der Waals surface area contributed by atoms with Crippen LogP contribution < -0.4 is 0 Å². The number of rotatable bonds is 5. The molecule has 0 heterocycles. The Morgan fingerprint density at radius 1 is 1.09 bits per heavy atom. The molecule has 0 aromatic rings. The average molecular weight is 352 g/mol. The first-order valence-corrected chi connectivity index (χ1v) is 6.71. The summed E-state index contributed by atoms with van der Waals surface area (Å²) in [7, 11) is 0. The van der Waals surface area contributed by atoms with E-state index in [1.807, 2.05) is 0 Å². The molecule has 132 valence electrons. The number of halogens is 8. The zero-order valence-electron chi connectivity index (χ0n) is 11.4. The molecule has 23 heavy (non-hydrogen) atoms. The van der Waals surface area contributed by atoms with Crippen molar-refractivity contribution in [3.8, 4) is 0 Å². The molecule has 10 heteroatoms. The lowest BCUT2D eigenvalue weighted by molar-refractivity contribution is -0.352. The van der Waals surface area contributed by atoms with Crippen molar-refractivity contribution in [2.45, 2.75) is 43.6 Å². The first-order chi connectivity index (χ1) is 10.3. The van der Waals surface area contributed by atoms with Gasteiger partial charge in [-0.25, -0.2) is 4.39 Å². The van der Waals surface area contributed by atoms with Crippen LogP contribution in [0.1, 0.15) is 19.3 Å². The minimum absolute atomic E-state index is 0.0502. The number of alkyl halides is 8. The van der Waals surface area contributed by atoms with Crippen LogP contribution in [-0.2, 0) is 9.53 Å². The zero-order valence-corrected chi connectivity index (χ0v) is 11.4. The Kier molecular flexibility index (Phi) is 4.40. The van der Waals surface area contributed by atoms with Crippen molar-refractivity contribution in [1.82, 2.24) is 0 Å². The van der Waals surface area contributed by atoms with Crippen LogP contribution >= 0.6 is 0 Å². The Balaban J connectivity index is 2.04. The molecule has 0 N–H and O–H groups in total. The molecule has 0 aliphatic heterocycles. The molecule has 1 saturated carbocycles. The molecule has 2 aliphatic carbocycles. The minimum atomic E-state index is -5.79. The standard InChI is InChI=1S/C13H12F8O2/c14-9(5-11(15,16)17)12(18,19)13(20,21)23-10(22)8-4-6-1-2-7(8)3-6/h1-2,6-9H,3-5H2. The lowest BCUT2D eigenvalue weighted by Crippen LogP contribution is -2.52. The molecule has 2 bridgehead atoms. The Labute approximate surface area is 125 Å². The molecule has 2 aliphatic rings. The summed E-state index contributed by atoms with van der Waals surface area (Å²) in [5.41, 5.74) is 0. The zero-order chi connectivity index (χ0) is 17.6. The van der Waals surface area contributed by atoms with E-state index in [1.165, 1.54) is 0 Å². The van der Waals surface area contributed by atoms with Gasteiger partial charge in [0.25, 0.3) is 0 Å². The van der Waals surface area contributed by atoms with Crippen LogP contribution in [-0.4, -0.2) is 30.3 Å². The monoisotopic (exact) mass is 352 g/mol. The van der Waals surface area contributed by atoms with Crippen molar-refractivity contribution in [2.24, 2.45) is 17.8 Å². The Hall–Kier alpha value is -1.35. The van der Waals surface area contributed by atoms with Gasteiger partial charge >= 0.3 is 24.2 Å². The van der Waals surface area contributed by atoms with E-state index in [-0.39, 0.29) is 12.3 Å². The van der Waals surface area contributed by atoms with Crippen molar-refractivity contribution < 1.29 is 44.7 Å². The molecule has 0 aromatic carbocycles. The fraction of sp³-hybridized carbons (Fsp3) is 0.769. The average Bonchev–Trinajstić information content (AvgIpc) is 2.97. The number of carbonyl (C=O) groups is 1. The van der Waals surface area contributed by atoms with Crippen molar-refractivity contribution in [3.05, 3.63) is 12.2 Å². The summed E-state index contributed by atoms with van der Waals surface area (Å²) in [5.74, 6) is -9.01. The quantitative estimate of drug-likeness (QED) is 0.420. The maximum atomic E-state index is 13.4. The van der Waals surface area contributed by atoms with Gasteiger partial charge in [-0.15, -0.1) is 0 Å². The smallest absolute Gasteiger partial charge is 0.396 e. The predicted molar refractivity (Wildman–Crippen MR) is 60.4 cm³/mol. The molecule has 0 radical (unpaired) electrons. The lowest BCUT2D eigenvalue weighted by atomic mass is 9.94. The number of allylic oxidation sites excluding steroid dienone is 2. The second-order valence-electron chi connectivity index (χ2n) is 5.73. The van der Waals surface area contributed by atoms with Crippen LogP contribution in [0.4, 0.5) is 35.1 Å². The van der Waals surface area contributed by atoms with Crippen LogP contribution in [0.2, 0.25) is 0 Å². The van der Waals surface area contributed by atoms with Gasteiger partial charge in [-0.2, -0.15) is 30.7 Å². The molecule has 4 unspecified atom stereocenters. The third-order valence-electron chi connectivity index (χ3n) is 4.00. The fourth-order valence-electron chi connectivity index (χ4n) is 2.84.